The minimum Gasteiger partial charge on any atom is -0.493 e. The van der Waals surface area contributed by atoms with E-state index >= 15 is 0 Å². The number of aromatic amines is 1. The number of hydrogen-bond acceptors (Lipinski definition) is 3. The Morgan fingerprint density at radius 1 is 1.12 bits per heavy atom. The van der Waals surface area contributed by atoms with Gasteiger partial charge in [0.05, 0.1) is 14.2 Å². The van der Waals surface area contributed by atoms with Crippen molar-refractivity contribution in [1.82, 2.24) is 9.88 Å². The molecule has 0 unspecified atom stereocenters. The molecule has 2 heterocycles. The molecule has 2 aromatic carbocycles. The number of para-hydroxylation sites is 1. The normalized spacial score (nSPS) is 13.4. The first-order valence-electron chi connectivity index (χ1n) is 8.56. The number of carbonyl (C=O) groups excluding carboxylic acids is 1. The predicted molar refractivity (Wildman–Crippen MR) is 101 cm³/mol. The highest BCUT2D eigenvalue weighted by molar-refractivity contribution is 5.91. The maximum Gasteiger partial charge on any atom is 0.322 e. The van der Waals surface area contributed by atoms with Gasteiger partial charge in [0, 0.05) is 53.4 Å². The predicted octanol–water partition coefficient (Wildman–Crippen LogP) is 3.78. The molecule has 134 valence electrons. The molecule has 0 saturated carbocycles. The van der Waals surface area contributed by atoms with Crippen molar-refractivity contribution in [3.63, 3.8) is 0 Å². The summed E-state index contributed by atoms with van der Waals surface area (Å²) in [6.45, 7) is 1.28. The van der Waals surface area contributed by atoms with Crippen LogP contribution in [0.3, 0.4) is 0 Å². The number of H-pyrrole nitrogens is 1. The zero-order chi connectivity index (χ0) is 18.1. The van der Waals surface area contributed by atoms with Crippen molar-refractivity contribution in [2.24, 2.45) is 0 Å². The van der Waals surface area contributed by atoms with E-state index in [0.717, 1.165) is 11.9 Å². The number of rotatable bonds is 3. The lowest BCUT2D eigenvalue weighted by atomic mass is 10.0. The Balaban J connectivity index is 1.53. The van der Waals surface area contributed by atoms with Crippen LogP contribution in [0.15, 0.2) is 42.5 Å². The zero-order valence-electron chi connectivity index (χ0n) is 14.8. The van der Waals surface area contributed by atoms with Gasteiger partial charge < -0.3 is 24.7 Å². The summed E-state index contributed by atoms with van der Waals surface area (Å²) in [4.78, 5) is 18.0. The van der Waals surface area contributed by atoms with Gasteiger partial charge in [0.25, 0.3) is 0 Å². The van der Waals surface area contributed by atoms with E-state index in [1.807, 2.05) is 17.0 Å². The Hall–Kier alpha value is -3.15. The minimum absolute atomic E-state index is 0.117. The van der Waals surface area contributed by atoms with E-state index < -0.39 is 0 Å². The highest BCUT2D eigenvalue weighted by Crippen LogP contribution is 2.31. The van der Waals surface area contributed by atoms with Crippen LogP contribution in [0.1, 0.15) is 11.3 Å². The van der Waals surface area contributed by atoms with Crippen LogP contribution < -0.4 is 14.8 Å². The molecule has 0 fully saturated rings. The summed E-state index contributed by atoms with van der Waals surface area (Å²) < 4.78 is 10.5. The summed E-state index contributed by atoms with van der Waals surface area (Å²) >= 11 is 0. The molecule has 1 aliphatic heterocycles. The fraction of sp³-hybridized carbons (Fsp3) is 0.250. The minimum atomic E-state index is -0.117. The third kappa shape index (κ3) is 2.83. The van der Waals surface area contributed by atoms with E-state index in [0.29, 0.717) is 30.3 Å². The van der Waals surface area contributed by atoms with Crippen LogP contribution >= 0.6 is 0 Å². The third-order valence-corrected chi connectivity index (χ3v) is 4.80. The van der Waals surface area contributed by atoms with Gasteiger partial charge in [-0.15, -0.1) is 0 Å². The number of amides is 2. The summed E-state index contributed by atoms with van der Waals surface area (Å²) in [5, 5.41) is 4.14. The van der Waals surface area contributed by atoms with Gasteiger partial charge in [-0.05, 0) is 18.2 Å². The number of nitrogens with zero attached hydrogens (tertiary/aromatic N) is 1. The number of anilines is 1. The van der Waals surface area contributed by atoms with Crippen molar-refractivity contribution in [2.75, 3.05) is 26.1 Å². The first kappa shape index (κ1) is 16.3. The van der Waals surface area contributed by atoms with Crippen LogP contribution in [0, 0.1) is 0 Å². The lowest BCUT2D eigenvalue weighted by Gasteiger charge is -2.27. The van der Waals surface area contributed by atoms with Gasteiger partial charge in [0.15, 0.2) is 11.5 Å². The second-order valence-electron chi connectivity index (χ2n) is 6.30. The number of ether oxygens (including phenoxy) is 2. The Morgan fingerprint density at radius 3 is 2.73 bits per heavy atom. The summed E-state index contributed by atoms with van der Waals surface area (Å²) in [7, 11) is 3.16. The second-order valence-corrected chi connectivity index (χ2v) is 6.30. The Labute approximate surface area is 151 Å². The Bertz CT molecular complexity index is 964. The van der Waals surface area contributed by atoms with Crippen LogP contribution in [0.5, 0.6) is 11.5 Å². The molecule has 6 nitrogen and oxygen atoms in total. The van der Waals surface area contributed by atoms with Crippen molar-refractivity contribution >= 4 is 22.6 Å². The van der Waals surface area contributed by atoms with Gasteiger partial charge in [-0.2, -0.15) is 0 Å². The van der Waals surface area contributed by atoms with Gasteiger partial charge >= 0.3 is 6.03 Å². The van der Waals surface area contributed by atoms with Crippen LogP contribution in [0.2, 0.25) is 0 Å². The summed E-state index contributed by atoms with van der Waals surface area (Å²) in [6.07, 6.45) is 0.823. The van der Waals surface area contributed by atoms with Gasteiger partial charge in [0.1, 0.15) is 0 Å². The fourth-order valence-corrected chi connectivity index (χ4v) is 3.46. The van der Waals surface area contributed by atoms with E-state index in [-0.39, 0.29) is 6.03 Å². The first-order valence-corrected chi connectivity index (χ1v) is 8.56. The van der Waals surface area contributed by atoms with E-state index in [2.05, 4.69) is 22.4 Å². The summed E-state index contributed by atoms with van der Waals surface area (Å²) in [5.74, 6) is 1.22. The monoisotopic (exact) mass is 351 g/mol. The van der Waals surface area contributed by atoms with Crippen LogP contribution in [0.4, 0.5) is 10.5 Å². The van der Waals surface area contributed by atoms with E-state index in [4.69, 9.17) is 9.47 Å². The average Bonchev–Trinajstić information content (AvgIpc) is 3.05. The number of nitrogens with one attached hydrogen (secondary N) is 2. The highest BCUT2D eigenvalue weighted by atomic mass is 16.5. The molecule has 0 atom stereocenters. The second kappa shape index (κ2) is 6.63. The molecule has 2 N–H and O–H groups in total. The number of carbonyl (C=O) groups is 1. The fourth-order valence-electron chi connectivity index (χ4n) is 3.46. The van der Waals surface area contributed by atoms with Crippen molar-refractivity contribution in [3.8, 4) is 11.5 Å². The quantitative estimate of drug-likeness (QED) is 0.755. The van der Waals surface area contributed by atoms with Crippen LogP contribution in [-0.4, -0.2) is 36.7 Å². The molecule has 0 spiro atoms. The molecule has 1 aliphatic rings. The average molecular weight is 351 g/mol. The number of urea groups is 1. The molecule has 4 rings (SSSR count). The SMILES string of the molecule is COc1ccc(NC(=O)N2CCc3[nH]c4ccccc4c3C2)cc1OC. The van der Waals surface area contributed by atoms with Gasteiger partial charge in [-0.1, -0.05) is 18.2 Å². The van der Waals surface area contributed by atoms with Gasteiger partial charge in [0.2, 0.25) is 0 Å². The van der Waals surface area contributed by atoms with Crippen molar-refractivity contribution in [2.45, 2.75) is 13.0 Å². The van der Waals surface area contributed by atoms with Crippen LogP contribution in [0.25, 0.3) is 10.9 Å². The molecule has 0 bridgehead atoms. The number of methoxy groups -OCH3 is 2. The molecule has 0 aliphatic carbocycles. The molecular formula is C20H21N3O3. The topological polar surface area (TPSA) is 66.6 Å². The van der Waals surface area contributed by atoms with E-state index in [9.17, 15) is 4.79 Å². The molecule has 6 heteroatoms. The molecule has 0 radical (unpaired) electrons. The standard InChI is InChI=1S/C20H21N3O3/c1-25-18-8-7-13(11-19(18)26-2)21-20(24)23-10-9-17-15(12-23)14-5-3-4-6-16(14)22-17/h3-8,11,22H,9-10,12H2,1-2H3,(H,21,24). The lowest BCUT2D eigenvalue weighted by Crippen LogP contribution is -2.38. The Kier molecular flexibility index (Phi) is 4.16. The van der Waals surface area contributed by atoms with Crippen LogP contribution in [-0.2, 0) is 13.0 Å². The van der Waals surface area contributed by atoms with Crippen molar-refractivity contribution < 1.29 is 14.3 Å². The number of aromatic nitrogens is 1. The maximum atomic E-state index is 12.7. The van der Waals surface area contributed by atoms with E-state index in [1.165, 1.54) is 16.6 Å². The van der Waals surface area contributed by atoms with E-state index in [1.54, 1.807) is 32.4 Å². The summed E-state index contributed by atoms with van der Waals surface area (Å²) in [5.41, 5.74) is 4.23. The smallest absolute Gasteiger partial charge is 0.322 e. The molecule has 0 saturated heterocycles. The van der Waals surface area contributed by atoms with Crippen molar-refractivity contribution in [3.05, 3.63) is 53.7 Å². The zero-order valence-corrected chi connectivity index (χ0v) is 14.8. The highest BCUT2D eigenvalue weighted by Gasteiger charge is 2.24. The molecule has 2 amide bonds. The van der Waals surface area contributed by atoms with Crippen molar-refractivity contribution in [1.29, 1.82) is 0 Å². The third-order valence-electron chi connectivity index (χ3n) is 4.80. The largest absolute Gasteiger partial charge is 0.493 e. The summed E-state index contributed by atoms with van der Waals surface area (Å²) in [6, 6.07) is 13.4. The molecule has 26 heavy (non-hydrogen) atoms. The number of fused-ring (bicyclic) bond motifs is 3. The van der Waals surface area contributed by atoms with Gasteiger partial charge in [-0.3, -0.25) is 0 Å². The lowest BCUT2D eigenvalue weighted by molar-refractivity contribution is 0.206. The maximum absolute atomic E-state index is 12.7. The number of benzene rings is 2. The first-order chi connectivity index (χ1) is 12.7. The molecule has 3 aromatic rings. The van der Waals surface area contributed by atoms with Gasteiger partial charge in [-0.25, -0.2) is 4.79 Å². The number of hydrogen-bond donors (Lipinski definition) is 2. The molecule has 1 aromatic heterocycles. The Morgan fingerprint density at radius 2 is 1.92 bits per heavy atom. The molecular weight excluding hydrogens is 330 g/mol.